The molecule has 1 saturated heterocycles. The largest absolute Gasteiger partial charge is 0.330 e. The van der Waals surface area contributed by atoms with Crippen LogP contribution in [0.4, 0.5) is 0 Å². The van der Waals surface area contributed by atoms with E-state index in [-0.39, 0.29) is 11.2 Å². The van der Waals surface area contributed by atoms with Gasteiger partial charge in [0.25, 0.3) is 0 Å². The van der Waals surface area contributed by atoms with Gasteiger partial charge in [-0.05, 0) is 24.3 Å². The van der Waals surface area contributed by atoms with Crippen molar-refractivity contribution < 1.29 is 8.42 Å². The normalized spacial score (nSPS) is 24.7. The van der Waals surface area contributed by atoms with E-state index in [1.165, 1.54) is 0 Å². The molecule has 0 amide bonds. The summed E-state index contributed by atoms with van der Waals surface area (Å²) in [7, 11) is -3.08. The van der Waals surface area contributed by atoms with Crippen LogP contribution in [0.1, 0.15) is 27.2 Å². The van der Waals surface area contributed by atoms with Crippen molar-refractivity contribution in [2.75, 3.05) is 25.4 Å². The van der Waals surface area contributed by atoms with E-state index in [0.717, 1.165) is 6.42 Å². The first kappa shape index (κ1) is 12.9. The Labute approximate surface area is 92.9 Å². The summed E-state index contributed by atoms with van der Waals surface area (Å²) in [5.74, 6) is 0.567. The van der Waals surface area contributed by atoms with E-state index in [0.29, 0.717) is 25.6 Å². The molecule has 1 unspecified atom stereocenters. The molecule has 15 heavy (non-hydrogen) atoms. The first-order valence-electron chi connectivity index (χ1n) is 5.42. The SMILES string of the molecule is CC(C)(C)CS(=O)(=O)N1CCC(CN)C1. The minimum atomic E-state index is -3.08. The summed E-state index contributed by atoms with van der Waals surface area (Å²) >= 11 is 0. The van der Waals surface area contributed by atoms with E-state index in [1.807, 2.05) is 20.8 Å². The fraction of sp³-hybridized carbons (Fsp3) is 1.00. The lowest BCUT2D eigenvalue weighted by atomic mass is 10.0. The molecule has 0 aromatic heterocycles. The number of hydrogen-bond acceptors (Lipinski definition) is 3. The van der Waals surface area contributed by atoms with Crippen LogP contribution < -0.4 is 5.73 Å². The van der Waals surface area contributed by atoms with Crippen molar-refractivity contribution in [2.45, 2.75) is 27.2 Å². The molecular formula is C10H22N2O2S. The van der Waals surface area contributed by atoms with Crippen molar-refractivity contribution in [3.63, 3.8) is 0 Å². The molecule has 2 N–H and O–H groups in total. The molecule has 1 aliphatic rings. The molecule has 1 aliphatic heterocycles. The van der Waals surface area contributed by atoms with Crippen molar-refractivity contribution in [1.82, 2.24) is 4.31 Å². The van der Waals surface area contributed by atoms with Crippen molar-refractivity contribution in [3.8, 4) is 0 Å². The highest BCUT2D eigenvalue weighted by atomic mass is 32.2. The van der Waals surface area contributed by atoms with Crippen LogP contribution in [0.3, 0.4) is 0 Å². The summed E-state index contributed by atoms with van der Waals surface area (Å²) in [4.78, 5) is 0. The smallest absolute Gasteiger partial charge is 0.214 e. The molecule has 0 aromatic rings. The molecule has 0 spiro atoms. The van der Waals surface area contributed by atoms with Crippen LogP contribution in [0.15, 0.2) is 0 Å². The summed E-state index contributed by atoms with van der Waals surface area (Å²) in [6.07, 6.45) is 0.903. The van der Waals surface area contributed by atoms with Crippen LogP contribution in [-0.4, -0.2) is 38.1 Å². The Hall–Kier alpha value is -0.130. The maximum atomic E-state index is 12.0. The maximum absolute atomic E-state index is 12.0. The van der Waals surface area contributed by atoms with E-state index < -0.39 is 10.0 Å². The molecule has 90 valence electrons. The van der Waals surface area contributed by atoms with Gasteiger partial charge in [-0.1, -0.05) is 20.8 Å². The van der Waals surface area contributed by atoms with Crippen LogP contribution in [0.25, 0.3) is 0 Å². The highest BCUT2D eigenvalue weighted by Gasteiger charge is 2.33. The molecule has 0 radical (unpaired) electrons. The Morgan fingerprint density at radius 3 is 2.40 bits per heavy atom. The molecule has 1 heterocycles. The Bertz CT molecular complexity index is 306. The molecule has 5 heteroatoms. The average Bonchev–Trinajstić information content (AvgIpc) is 2.47. The summed E-state index contributed by atoms with van der Waals surface area (Å²) in [6.45, 7) is 7.67. The van der Waals surface area contributed by atoms with Gasteiger partial charge < -0.3 is 5.73 Å². The average molecular weight is 234 g/mol. The quantitative estimate of drug-likeness (QED) is 0.779. The Morgan fingerprint density at radius 1 is 1.40 bits per heavy atom. The summed E-state index contributed by atoms with van der Waals surface area (Å²) in [6, 6.07) is 0. The van der Waals surface area contributed by atoms with Gasteiger partial charge in [0.2, 0.25) is 10.0 Å². The second-order valence-corrected chi connectivity index (χ2v) is 7.53. The molecular weight excluding hydrogens is 212 g/mol. The fourth-order valence-corrected chi connectivity index (χ4v) is 3.98. The monoisotopic (exact) mass is 234 g/mol. The van der Waals surface area contributed by atoms with Gasteiger partial charge in [0, 0.05) is 13.1 Å². The van der Waals surface area contributed by atoms with E-state index >= 15 is 0 Å². The lowest BCUT2D eigenvalue weighted by Gasteiger charge is -2.23. The van der Waals surface area contributed by atoms with Crippen LogP contribution in [0.2, 0.25) is 0 Å². The van der Waals surface area contributed by atoms with E-state index in [2.05, 4.69) is 0 Å². The van der Waals surface area contributed by atoms with Crippen molar-refractivity contribution >= 4 is 10.0 Å². The van der Waals surface area contributed by atoms with Crippen molar-refractivity contribution in [3.05, 3.63) is 0 Å². The molecule has 1 atom stereocenters. The second-order valence-electron chi connectivity index (χ2n) is 5.57. The topological polar surface area (TPSA) is 63.4 Å². The number of nitrogens with zero attached hydrogens (tertiary/aromatic N) is 1. The zero-order valence-electron chi connectivity index (χ0n) is 9.86. The van der Waals surface area contributed by atoms with Crippen molar-refractivity contribution in [1.29, 1.82) is 0 Å². The van der Waals surface area contributed by atoms with Gasteiger partial charge in [0.15, 0.2) is 0 Å². The van der Waals surface area contributed by atoms with Crippen molar-refractivity contribution in [2.24, 2.45) is 17.1 Å². The Morgan fingerprint density at radius 2 is 2.00 bits per heavy atom. The highest BCUT2D eigenvalue weighted by molar-refractivity contribution is 7.89. The standard InChI is InChI=1S/C10H22N2O2S/c1-10(2,3)8-15(13,14)12-5-4-9(6-11)7-12/h9H,4-8,11H2,1-3H3. The minimum absolute atomic E-state index is 0.181. The third kappa shape index (κ3) is 3.74. The van der Waals surface area contributed by atoms with Crippen LogP contribution in [-0.2, 0) is 10.0 Å². The molecule has 0 aliphatic carbocycles. The molecule has 4 nitrogen and oxygen atoms in total. The van der Waals surface area contributed by atoms with Gasteiger partial charge in [-0.3, -0.25) is 0 Å². The molecule has 1 rings (SSSR count). The Balaban J connectivity index is 2.64. The minimum Gasteiger partial charge on any atom is -0.330 e. The number of sulfonamides is 1. The molecule has 0 saturated carbocycles. The third-order valence-corrected chi connectivity index (χ3v) is 4.94. The van der Waals surface area contributed by atoms with E-state index in [1.54, 1.807) is 4.31 Å². The zero-order chi connectivity index (χ0) is 11.7. The van der Waals surface area contributed by atoms with Gasteiger partial charge in [-0.2, -0.15) is 0 Å². The van der Waals surface area contributed by atoms with E-state index in [9.17, 15) is 8.42 Å². The molecule has 0 bridgehead atoms. The van der Waals surface area contributed by atoms with Gasteiger partial charge in [-0.15, -0.1) is 0 Å². The number of hydrogen-bond donors (Lipinski definition) is 1. The highest BCUT2D eigenvalue weighted by Crippen LogP contribution is 2.23. The third-order valence-electron chi connectivity index (χ3n) is 2.59. The molecule has 0 aromatic carbocycles. The lowest BCUT2D eigenvalue weighted by Crippen LogP contribution is -2.36. The first-order chi connectivity index (χ1) is 6.74. The predicted octanol–water partition coefficient (Wildman–Crippen LogP) is 0.643. The van der Waals surface area contributed by atoms with Crippen LogP contribution in [0, 0.1) is 11.3 Å². The predicted molar refractivity (Wildman–Crippen MR) is 62.0 cm³/mol. The Kier molecular flexibility index (Phi) is 3.79. The summed E-state index contributed by atoms with van der Waals surface area (Å²) in [5.41, 5.74) is 5.36. The fourth-order valence-electron chi connectivity index (χ4n) is 1.88. The van der Waals surface area contributed by atoms with E-state index in [4.69, 9.17) is 5.73 Å². The maximum Gasteiger partial charge on any atom is 0.214 e. The first-order valence-corrected chi connectivity index (χ1v) is 7.03. The van der Waals surface area contributed by atoms with Gasteiger partial charge in [-0.25, -0.2) is 12.7 Å². The number of rotatable bonds is 3. The summed E-state index contributed by atoms with van der Waals surface area (Å²) in [5, 5.41) is 0. The summed E-state index contributed by atoms with van der Waals surface area (Å²) < 4.78 is 25.6. The molecule has 1 fully saturated rings. The van der Waals surface area contributed by atoms with Crippen LogP contribution >= 0.6 is 0 Å². The van der Waals surface area contributed by atoms with Crippen LogP contribution in [0.5, 0.6) is 0 Å². The number of nitrogens with two attached hydrogens (primary N) is 1. The lowest BCUT2D eigenvalue weighted by molar-refractivity contribution is 0.417. The van der Waals surface area contributed by atoms with Gasteiger partial charge >= 0.3 is 0 Å². The van der Waals surface area contributed by atoms with Gasteiger partial charge in [0.1, 0.15) is 0 Å². The van der Waals surface area contributed by atoms with Gasteiger partial charge in [0.05, 0.1) is 5.75 Å². The zero-order valence-corrected chi connectivity index (χ0v) is 10.7. The second kappa shape index (κ2) is 4.39.